The van der Waals surface area contributed by atoms with Crippen molar-refractivity contribution < 1.29 is 9.69 Å². The molecule has 1 aromatic carbocycles. The lowest BCUT2D eigenvalue weighted by atomic mass is 10.1. The molecule has 0 aliphatic heterocycles. The maximum atomic E-state index is 11.8. The number of amides is 1. The zero-order valence-electron chi connectivity index (χ0n) is 14.1. The van der Waals surface area contributed by atoms with Gasteiger partial charge in [-0.2, -0.15) is 0 Å². The van der Waals surface area contributed by atoms with Gasteiger partial charge < -0.3 is 15.1 Å². The highest BCUT2D eigenvalue weighted by Gasteiger charge is 2.18. The molecular formula is C17H30N3O+. The van der Waals surface area contributed by atoms with E-state index in [-0.39, 0.29) is 11.9 Å². The van der Waals surface area contributed by atoms with Crippen LogP contribution in [0.5, 0.6) is 0 Å². The van der Waals surface area contributed by atoms with Crippen molar-refractivity contribution >= 4 is 11.6 Å². The van der Waals surface area contributed by atoms with E-state index in [1.165, 1.54) is 16.2 Å². The molecule has 0 saturated carbocycles. The fourth-order valence-electron chi connectivity index (χ4n) is 2.30. The van der Waals surface area contributed by atoms with Gasteiger partial charge >= 0.3 is 0 Å². The monoisotopic (exact) mass is 292 g/mol. The summed E-state index contributed by atoms with van der Waals surface area (Å²) in [7, 11) is 8.33. The summed E-state index contributed by atoms with van der Waals surface area (Å²) in [4.78, 5) is 15.2. The smallest absolute Gasteiger partial charge is 0.220 e. The first-order valence-electron chi connectivity index (χ1n) is 7.79. The van der Waals surface area contributed by atoms with E-state index in [9.17, 15) is 4.79 Å². The molecule has 1 rings (SSSR count). The Kier molecular flexibility index (Phi) is 7.23. The van der Waals surface area contributed by atoms with Gasteiger partial charge in [-0.3, -0.25) is 4.79 Å². The van der Waals surface area contributed by atoms with Crippen LogP contribution in [-0.4, -0.2) is 40.6 Å². The lowest BCUT2D eigenvalue weighted by molar-refractivity contribution is -0.890. The summed E-state index contributed by atoms with van der Waals surface area (Å²) in [5.74, 6) is 0.160. The van der Waals surface area contributed by atoms with Crippen LogP contribution in [0.25, 0.3) is 0 Å². The molecule has 1 atom stereocenters. The van der Waals surface area contributed by atoms with Crippen LogP contribution in [0, 0.1) is 0 Å². The van der Waals surface area contributed by atoms with Crippen LogP contribution in [-0.2, 0) is 4.79 Å². The molecule has 1 amide bonds. The van der Waals surface area contributed by atoms with Gasteiger partial charge in [0, 0.05) is 31.8 Å². The molecule has 4 nitrogen and oxygen atoms in total. The van der Waals surface area contributed by atoms with E-state index in [0.29, 0.717) is 13.0 Å². The maximum absolute atomic E-state index is 11.8. The minimum atomic E-state index is 0.160. The number of benzene rings is 1. The minimum Gasteiger partial charge on any atom is -0.378 e. The van der Waals surface area contributed by atoms with Gasteiger partial charge in [0.15, 0.2) is 0 Å². The van der Waals surface area contributed by atoms with Crippen LogP contribution in [0.4, 0.5) is 5.69 Å². The van der Waals surface area contributed by atoms with Gasteiger partial charge in [0.1, 0.15) is 6.04 Å². The molecule has 0 aromatic heterocycles. The summed E-state index contributed by atoms with van der Waals surface area (Å²) in [6, 6.07) is 8.86. The molecule has 0 bridgehead atoms. The minimum absolute atomic E-state index is 0.160. The Hall–Kier alpha value is -1.55. The van der Waals surface area contributed by atoms with Crippen molar-refractivity contribution in [2.45, 2.75) is 32.2 Å². The standard InChI is InChI=1S/C17H29N3O/c1-6-7-8-17(21)18-13-16(20(4)5)14-9-11-15(12-10-14)19(2)3/h9-12,16H,6-8,13H2,1-5H3,(H,18,21)/p+1/t16-/m0/s1. The molecule has 0 radical (unpaired) electrons. The van der Waals surface area contributed by atoms with Crippen LogP contribution in [0.1, 0.15) is 37.8 Å². The van der Waals surface area contributed by atoms with E-state index in [1.54, 1.807) is 0 Å². The Morgan fingerprint density at radius 3 is 2.33 bits per heavy atom. The third-order valence-electron chi connectivity index (χ3n) is 3.77. The molecule has 21 heavy (non-hydrogen) atoms. The molecule has 0 heterocycles. The first-order valence-corrected chi connectivity index (χ1v) is 7.79. The molecule has 0 fully saturated rings. The normalized spacial score (nSPS) is 12.3. The van der Waals surface area contributed by atoms with Crippen LogP contribution in [0.2, 0.25) is 0 Å². The molecule has 4 heteroatoms. The third kappa shape index (κ3) is 5.76. The average Bonchev–Trinajstić information content (AvgIpc) is 2.45. The number of carbonyl (C=O) groups excluding carboxylic acids is 1. The van der Waals surface area contributed by atoms with Crippen LogP contribution in [0.15, 0.2) is 24.3 Å². The van der Waals surface area contributed by atoms with Gasteiger partial charge in [-0.1, -0.05) is 25.5 Å². The number of likely N-dealkylation sites (N-methyl/N-ethyl adjacent to an activating group) is 1. The first kappa shape index (κ1) is 17.5. The Labute approximate surface area is 129 Å². The van der Waals surface area contributed by atoms with Gasteiger partial charge in [-0.15, -0.1) is 0 Å². The number of nitrogens with one attached hydrogen (secondary N) is 2. The second-order valence-electron chi connectivity index (χ2n) is 6.02. The van der Waals surface area contributed by atoms with E-state index in [2.05, 4.69) is 55.5 Å². The molecular weight excluding hydrogens is 262 g/mol. The number of anilines is 1. The van der Waals surface area contributed by atoms with Crippen molar-refractivity contribution in [1.29, 1.82) is 0 Å². The van der Waals surface area contributed by atoms with E-state index >= 15 is 0 Å². The summed E-state index contributed by atoms with van der Waals surface area (Å²) >= 11 is 0. The largest absolute Gasteiger partial charge is 0.378 e. The summed E-state index contributed by atoms with van der Waals surface area (Å²) < 4.78 is 0. The van der Waals surface area contributed by atoms with Crippen molar-refractivity contribution in [2.75, 3.05) is 39.6 Å². The summed E-state index contributed by atoms with van der Waals surface area (Å²) in [6.45, 7) is 2.79. The second kappa shape index (κ2) is 8.67. The van der Waals surface area contributed by atoms with Crippen molar-refractivity contribution in [2.24, 2.45) is 0 Å². The molecule has 118 valence electrons. The molecule has 0 aliphatic carbocycles. The number of nitrogens with zero attached hydrogens (tertiary/aromatic N) is 1. The Morgan fingerprint density at radius 2 is 1.86 bits per heavy atom. The van der Waals surface area contributed by atoms with Gasteiger partial charge in [-0.25, -0.2) is 0 Å². The summed E-state index contributed by atoms with van der Waals surface area (Å²) in [5, 5.41) is 3.06. The number of carbonyl (C=O) groups is 1. The molecule has 0 saturated heterocycles. The average molecular weight is 292 g/mol. The van der Waals surface area contributed by atoms with Crippen molar-refractivity contribution in [1.82, 2.24) is 5.32 Å². The van der Waals surface area contributed by atoms with Crippen LogP contribution >= 0.6 is 0 Å². The van der Waals surface area contributed by atoms with Crippen molar-refractivity contribution in [3.05, 3.63) is 29.8 Å². The zero-order valence-corrected chi connectivity index (χ0v) is 14.1. The van der Waals surface area contributed by atoms with Gasteiger partial charge in [-0.05, 0) is 18.6 Å². The Bertz CT molecular complexity index is 426. The predicted molar refractivity (Wildman–Crippen MR) is 88.9 cm³/mol. The van der Waals surface area contributed by atoms with E-state index in [0.717, 1.165) is 12.8 Å². The number of unbranched alkanes of at least 4 members (excludes halogenated alkanes) is 1. The molecule has 0 spiro atoms. The van der Waals surface area contributed by atoms with Gasteiger partial charge in [0.25, 0.3) is 0 Å². The molecule has 0 unspecified atom stereocenters. The fourth-order valence-corrected chi connectivity index (χ4v) is 2.30. The Morgan fingerprint density at radius 1 is 1.24 bits per heavy atom. The van der Waals surface area contributed by atoms with Gasteiger partial charge in [0.2, 0.25) is 5.91 Å². The van der Waals surface area contributed by atoms with Gasteiger partial charge in [0.05, 0.1) is 20.6 Å². The molecule has 1 aromatic rings. The number of hydrogen-bond donors (Lipinski definition) is 2. The zero-order chi connectivity index (χ0) is 15.8. The highest BCUT2D eigenvalue weighted by molar-refractivity contribution is 5.75. The number of hydrogen-bond acceptors (Lipinski definition) is 2. The van der Waals surface area contributed by atoms with Crippen molar-refractivity contribution in [3.8, 4) is 0 Å². The number of rotatable bonds is 8. The highest BCUT2D eigenvalue weighted by atomic mass is 16.1. The number of quaternary nitrogens is 1. The predicted octanol–water partition coefficient (Wildman–Crippen LogP) is 1.24. The first-order chi connectivity index (χ1) is 9.95. The quantitative estimate of drug-likeness (QED) is 0.756. The van der Waals surface area contributed by atoms with E-state index in [4.69, 9.17) is 0 Å². The topological polar surface area (TPSA) is 36.8 Å². The summed E-state index contributed by atoms with van der Waals surface area (Å²) in [6.07, 6.45) is 2.65. The fraction of sp³-hybridized carbons (Fsp3) is 0.588. The third-order valence-corrected chi connectivity index (χ3v) is 3.77. The van der Waals surface area contributed by atoms with E-state index < -0.39 is 0 Å². The van der Waals surface area contributed by atoms with Crippen LogP contribution in [0.3, 0.4) is 0 Å². The molecule has 0 aliphatic rings. The lowest BCUT2D eigenvalue weighted by Gasteiger charge is -2.23. The van der Waals surface area contributed by atoms with E-state index in [1.807, 2.05) is 14.1 Å². The maximum Gasteiger partial charge on any atom is 0.220 e. The van der Waals surface area contributed by atoms with Crippen LogP contribution < -0.4 is 15.1 Å². The Balaban J connectivity index is 2.66. The second-order valence-corrected chi connectivity index (χ2v) is 6.02. The lowest BCUT2D eigenvalue weighted by Crippen LogP contribution is -3.07. The summed E-state index contributed by atoms with van der Waals surface area (Å²) in [5.41, 5.74) is 2.45. The molecule has 2 N–H and O–H groups in total. The van der Waals surface area contributed by atoms with Crippen molar-refractivity contribution in [3.63, 3.8) is 0 Å². The SMILES string of the molecule is CCCCC(=O)NC[C@@H](c1ccc(N(C)C)cc1)[NH+](C)C. The highest BCUT2D eigenvalue weighted by Crippen LogP contribution is 2.16.